The Hall–Kier alpha value is -3.66. The van der Waals surface area contributed by atoms with E-state index in [4.69, 9.17) is 17.0 Å². The Balaban J connectivity index is 1.56. The maximum absolute atomic E-state index is 5.27. The monoisotopic (exact) mass is 420 g/mol. The van der Waals surface area contributed by atoms with Crippen LogP contribution < -0.4 is 15.4 Å². The molecule has 0 fully saturated rings. The fourth-order valence-corrected chi connectivity index (χ4v) is 3.11. The zero-order valence-electron chi connectivity index (χ0n) is 16.5. The van der Waals surface area contributed by atoms with Crippen LogP contribution in [0.25, 0.3) is 22.6 Å². The van der Waals surface area contributed by atoms with Crippen LogP contribution in [0.1, 0.15) is 12.5 Å². The lowest BCUT2D eigenvalue weighted by Crippen LogP contribution is -2.28. The van der Waals surface area contributed by atoms with Crippen molar-refractivity contribution in [3.8, 4) is 17.1 Å². The molecule has 0 saturated carbocycles. The van der Waals surface area contributed by atoms with E-state index in [1.165, 1.54) is 0 Å². The highest BCUT2D eigenvalue weighted by atomic mass is 32.1. The Morgan fingerprint density at radius 3 is 2.90 bits per heavy atom. The Bertz CT molecular complexity index is 1190. The maximum Gasteiger partial charge on any atom is 0.180 e. The standard InChI is InChI=1S/C20H20N8OS/c1-3-21-20(30)25-18-8-7-15-19(24-18)23-16(10-22-15)17-12-28(27-26-17)11-13-5-4-6-14(9-13)29-2/h4-10,12H,3,11H2,1-2H3,(H2,21,23,24,25,30). The average molecular weight is 421 g/mol. The largest absolute Gasteiger partial charge is 0.497 e. The van der Waals surface area contributed by atoms with Gasteiger partial charge in [-0.3, -0.25) is 4.98 Å². The quantitative estimate of drug-likeness (QED) is 0.456. The van der Waals surface area contributed by atoms with E-state index in [0.29, 0.717) is 40.0 Å². The van der Waals surface area contributed by atoms with Crippen molar-refractivity contribution in [3.05, 3.63) is 54.4 Å². The number of aromatic nitrogens is 6. The molecule has 0 saturated heterocycles. The molecule has 0 spiro atoms. The van der Waals surface area contributed by atoms with Gasteiger partial charge in [-0.05, 0) is 49.0 Å². The highest BCUT2D eigenvalue weighted by molar-refractivity contribution is 7.80. The van der Waals surface area contributed by atoms with Gasteiger partial charge in [0.25, 0.3) is 0 Å². The summed E-state index contributed by atoms with van der Waals surface area (Å²) in [6.45, 7) is 3.27. The lowest BCUT2D eigenvalue weighted by atomic mass is 10.2. The normalized spacial score (nSPS) is 10.7. The van der Waals surface area contributed by atoms with Gasteiger partial charge in [0.2, 0.25) is 0 Å². The molecule has 4 rings (SSSR count). The van der Waals surface area contributed by atoms with Gasteiger partial charge in [-0.25, -0.2) is 14.6 Å². The lowest BCUT2D eigenvalue weighted by Gasteiger charge is -2.08. The molecule has 4 aromatic rings. The second-order valence-corrected chi connectivity index (χ2v) is 6.84. The van der Waals surface area contributed by atoms with Crippen molar-refractivity contribution in [2.24, 2.45) is 0 Å². The van der Waals surface area contributed by atoms with Crippen LogP contribution in [-0.2, 0) is 6.54 Å². The zero-order valence-corrected chi connectivity index (χ0v) is 17.3. The number of anilines is 1. The summed E-state index contributed by atoms with van der Waals surface area (Å²) < 4.78 is 7.01. The summed E-state index contributed by atoms with van der Waals surface area (Å²) in [5.41, 5.74) is 3.46. The summed E-state index contributed by atoms with van der Waals surface area (Å²) in [7, 11) is 1.65. The van der Waals surface area contributed by atoms with E-state index in [1.807, 2.05) is 49.5 Å². The van der Waals surface area contributed by atoms with Gasteiger partial charge in [-0.2, -0.15) is 0 Å². The van der Waals surface area contributed by atoms with E-state index < -0.39 is 0 Å². The van der Waals surface area contributed by atoms with E-state index in [1.54, 1.807) is 18.0 Å². The number of nitrogens with zero attached hydrogens (tertiary/aromatic N) is 6. The number of nitrogens with one attached hydrogen (secondary N) is 2. The summed E-state index contributed by atoms with van der Waals surface area (Å²) in [5.74, 6) is 1.40. The van der Waals surface area contributed by atoms with Crippen LogP contribution in [0.15, 0.2) is 48.8 Å². The first-order valence-corrected chi connectivity index (χ1v) is 9.77. The first kappa shape index (κ1) is 19.6. The Labute approximate surface area is 178 Å². The maximum atomic E-state index is 5.27. The van der Waals surface area contributed by atoms with Gasteiger partial charge in [-0.1, -0.05) is 17.3 Å². The van der Waals surface area contributed by atoms with Gasteiger partial charge in [0, 0.05) is 6.54 Å². The molecule has 0 unspecified atom stereocenters. The van der Waals surface area contributed by atoms with E-state index in [9.17, 15) is 0 Å². The minimum Gasteiger partial charge on any atom is -0.497 e. The van der Waals surface area contributed by atoms with Crippen LogP contribution >= 0.6 is 12.2 Å². The number of ether oxygens (including phenoxy) is 1. The van der Waals surface area contributed by atoms with E-state index in [-0.39, 0.29) is 0 Å². The molecule has 10 heteroatoms. The molecule has 9 nitrogen and oxygen atoms in total. The first-order chi connectivity index (χ1) is 14.6. The molecule has 0 amide bonds. The minimum atomic E-state index is 0.499. The summed E-state index contributed by atoms with van der Waals surface area (Å²) in [5, 5.41) is 15.0. The van der Waals surface area contributed by atoms with Crippen LogP contribution in [0.3, 0.4) is 0 Å². The number of benzene rings is 1. The first-order valence-electron chi connectivity index (χ1n) is 9.36. The van der Waals surface area contributed by atoms with E-state index >= 15 is 0 Å². The smallest absolute Gasteiger partial charge is 0.180 e. The topological polar surface area (TPSA) is 103 Å². The van der Waals surface area contributed by atoms with E-state index in [0.717, 1.165) is 17.9 Å². The van der Waals surface area contributed by atoms with Crippen LogP contribution in [0.5, 0.6) is 5.75 Å². The number of thiocarbonyl (C=S) groups is 1. The molecule has 0 bridgehead atoms. The molecule has 0 atom stereocenters. The van der Waals surface area contributed by atoms with Crippen LogP contribution in [0, 0.1) is 0 Å². The van der Waals surface area contributed by atoms with Crippen molar-refractivity contribution in [1.29, 1.82) is 0 Å². The molecule has 2 N–H and O–H groups in total. The molecule has 3 aromatic heterocycles. The van der Waals surface area contributed by atoms with Crippen molar-refractivity contribution < 1.29 is 4.74 Å². The number of fused-ring (bicyclic) bond motifs is 1. The second-order valence-electron chi connectivity index (χ2n) is 6.43. The lowest BCUT2D eigenvalue weighted by molar-refractivity contribution is 0.414. The van der Waals surface area contributed by atoms with Crippen LogP contribution in [-0.4, -0.2) is 48.7 Å². The third-order valence-electron chi connectivity index (χ3n) is 4.27. The Kier molecular flexibility index (Phi) is 5.75. The third kappa shape index (κ3) is 4.49. The summed E-state index contributed by atoms with van der Waals surface area (Å²) in [6.07, 6.45) is 3.50. The third-order valence-corrected chi connectivity index (χ3v) is 4.51. The molecule has 3 heterocycles. The van der Waals surface area contributed by atoms with Gasteiger partial charge in [0.1, 0.15) is 28.5 Å². The molecule has 0 aliphatic rings. The summed E-state index contributed by atoms with van der Waals surface area (Å²) in [6, 6.07) is 11.5. The number of hydrogen-bond acceptors (Lipinski definition) is 7. The van der Waals surface area contributed by atoms with Crippen LogP contribution in [0.4, 0.5) is 5.82 Å². The molecule has 30 heavy (non-hydrogen) atoms. The molecule has 0 aliphatic carbocycles. The second kappa shape index (κ2) is 8.78. The molecular formula is C20H20N8OS. The fraction of sp³-hybridized carbons (Fsp3) is 0.200. The fourth-order valence-electron chi connectivity index (χ4n) is 2.86. The predicted octanol–water partition coefficient (Wildman–Crippen LogP) is 2.65. The van der Waals surface area contributed by atoms with Gasteiger partial charge in [0.15, 0.2) is 10.8 Å². The predicted molar refractivity (Wildman–Crippen MR) is 118 cm³/mol. The van der Waals surface area contributed by atoms with Gasteiger partial charge < -0.3 is 15.4 Å². The van der Waals surface area contributed by atoms with Crippen molar-refractivity contribution in [3.63, 3.8) is 0 Å². The van der Waals surface area contributed by atoms with Gasteiger partial charge >= 0.3 is 0 Å². The molecule has 1 aromatic carbocycles. The van der Waals surface area contributed by atoms with Gasteiger partial charge in [0.05, 0.1) is 26.0 Å². The molecule has 0 radical (unpaired) electrons. The molecule has 152 valence electrons. The number of pyridine rings is 1. The average Bonchev–Trinajstić information content (AvgIpc) is 3.22. The van der Waals surface area contributed by atoms with Gasteiger partial charge in [-0.15, -0.1) is 5.10 Å². The van der Waals surface area contributed by atoms with Crippen molar-refractivity contribution in [2.75, 3.05) is 19.0 Å². The highest BCUT2D eigenvalue weighted by Crippen LogP contribution is 2.18. The number of hydrogen-bond donors (Lipinski definition) is 2. The van der Waals surface area contributed by atoms with Crippen molar-refractivity contribution in [2.45, 2.75) is 13.5 Å². The zero-order chi connectivity index (χ0) is 20.9. The Morgan fingerprint density at radius 2 is 2.07 bits per heavy atom. The number of methoxy groups -OCH3 is 1. The van der Waals surface area contributed by atoms with Crippen molar-refractivity contribution >= 4 is 34.3 Å². The summed E-state index contributed by atoms with van der Waals surface area (Å²) >= 11 is 5.21. The molecular weight excluding hydrogens is 400 g/mol. The molecule has 0 aliphatic heterocycles. The van der Waals surface area contributed by atoms with E-state index in [2.05, 4.69) is 35.9 Å². The Morgan fingerprint density at radius 1 is 1.17 bits per heavy atom. The summed E-state index contributed by atoms with van der Waals surface area (Å²) in [4.78, 5) is 13.5. The minimum absolute atomic E-state index is 0.499. The SMILES string of the molecule is CCNC(=S)Nc1ccc2ncc(-c3cn(Cc4cccc(OC)c4)nn3)nc2n1. The van der Waals surface area contributed by atoms with Crippen LogP contribution in [0.2, 0.25) is 0 Å². The highest BCUT2D eigenvalue weighted by Gasteiger charge is 2.10. The van der Waals surface area contributed by atoms with Crippen molar-refractivity contribution in [1.82, 2.24) is 35.3 Å². The number of rotatable bonds is 6.